The van der Waals surface area contributed by atoms with Crippen LogP contribution in [0.15, 0.2) is 60.7 Å². The summed E-state index contributed by atoms with van der Waals surface area (Å²) in [6.07, 6.45) is 5.42. The van der Waals surface area contributed by atoms with E-state index in [2.05, 4.69) is 76.6 Å². The van der Waals surface area contributed by atoms with Crippen LogP contribution in [0.5, 0.6) is 0 Å². The minimum absolute atomic E-state index is 1.02. The average molecular weight is 287 g/mol. The van der Waals surface area contributed by atoms with Crippen molar-refractivity contribution in [3.63, 3.8) is 0 Å². The van der Waals surface area contributed by atoms with Gasteiger partial charge in [0.05, 0.1) is 0 Å². The molecule has 0 saturated heterocycles. The van der Waals surface area contributed by atoms with Gasteiger partial charge in [0.15, 0.2) is 0 Å². The van der Waals surface area contributed by atoms with Crippen LogP contribution in [0, 0.1) is 0 Å². The van der Waals surface area contributed by atoms with Crippen molar-refractivity contribution < 1.29 is 0 Å². The fourth-order valence-electron chi connectivity index (χ4n) is 1.70. The minimum Gasteiger partial charge on any atom is -0.0925 e. The van der Waals surface area contributed by atoms with Crippen LogP contribution in [0.25, 0.3) is 17.2 Å². The summed E-state index contributed by atoms with van der Waals surface area (Å²) in [5.41, 5.74) is 3.79. The number of benzene rings is 2. The van der Waals surface area contributed by atoms with Crippen molar-refractivity contribution in [1.82, 2.24) is 0 Å². The Morgan fingerprint density at radius 3 is 2.12 bits per heavy atom. The normalized spacial score (nSPS) is 10.9. The lowest BCUT2D eigenvalue weighted by Crippen LogP contribution is -1.77. The lowest BCUT2D eigenvalue weighted by Gasteiger charge is -2.01. The molecule has 0 aliphatic heterocycles. The Balaban J connectivity index is 2.13. The molecule has 2 rings (SSSR count). The first kappa shape index (κ1) is 12.1. The Morgan fingerprint density at radius 1 is 0.824 bits per heavy atom. The molecule has 0 spiro atoms. The molecule has 2 aromatic carbocycles. The molecule has 0 aliphatic carbocycles. The van der Waals surface area contributed by atoms with Gasteiger partial charge in [-0.05, 0) is 23.1 Å². The second-order valence-corrected chi connectivity index (χ2v) is 4.66. The molecule has 17 heavy (non-hydrogen) atoms. The maximum Gasteiger partial charge on any atom is 0.00660 e. The third-order valence-corrected chi connectivity index (χ3v) is 3.06. The molecule has 0 N–H and O–H groups in total. The molecule has 0 aliphatic rings. The van der Waals surface area contributed by atoms with E-state index in [0.29, 0.717) is 0 Å². The summed E-state index contributed by atoms with van der Waals surface area (Å²) in [6, 6.07) is 19.1. The van der Waals surface area contributed by atoms with Gasteiger partial charge in [0.2, 0.25) is 0 Å². The van der Waals surface area contributed by atoms with Crippen molar-refractivity contribution in [3.05, 3.63) is 66.2 Å². The summed E-state index contributed by atoms with van der Waals surface area (Å²) in [4.78, 5) is 0. The maximum absolute atomic E-state index is 3.41. The van der Waals surface area contributed by atoms with Gasteiger partial charge >= 0.3 is 0 Å². The van der Waals surface area contributed by atoms with Gasteiger partial charge in [-0.3, -0.25) is 0 Å². The van der Waals surface area contributed by atoms with Crippen LogP contribution < -0.4 is 0 Å². The van der Waals surface area contributed by atoms with E-state index in [4.69, 9.17) is 0 Å². The van der Waals surface area contributed by atoms with Gasteiger partial charge in [0, 0.05) is 5.33 Å². The SMILES string of the molecule is BrCCC=Cc1ccc(-c2ccccc2)cc1. The van der Waals surface area contributed by atoms with Crippen LogP contribution in [-0.2, 0) is 0 Å². The molecule has 0 unspecified atom stereocenters. The number of allylic oxidation sites excluding steroid dienone is 1. The molecule has 0 radical (unpaired) electrons. The molecule has 0 aromatic heterocycles. The van der Waals surface area contributed by atoms with Gasteiger partial charge in [-0.25, -0.2) is 0 Å². The second kappa shape index (κ2) is 6.41. The highest BCUT2D eigenvalue weighted by Gasteiger charge is 1.95. The summed E-state index contributed by atoms with van der Waals surface area (Å²) in [5, 5.41) is 1.02. The number of hydrogen-bond donors (Lipinski definition) is 0. The Bertz CT molecular complexity index is 469. The standard InChI is InChI=1S/C16H15Br/c17-13-5-4-6-14-9-11-16(12-10-14)15-7-2-1-3-8-15/h1-4,6-12H,5,13H2. The molecule has 1 heteroatoms. The Labute approximate surface area is 111 Å². The van der Waals surface area contributed by atoms with Crippen LogP contribution in [0.3, 0.4) is 0 Å². The summed E-state index contributed by atoms with van der Waals surface area (Å²) < 4.78 is 0. The third-order valence-electron chi connectivity index (χ3n) is 2.60. The van der Waals surface area contributed by atoms with Crippen molar-refractivity contribution in [1.29, 1.82) is 0 Å². The van der Waals surface area contributed by atoms with Crippen LogP contribution in [-0.4, -0.2) is 5.33 Å². The molecular formula is C16H15Br. The first-order valence-corrected chi connectivity index (χ1v) is 6.90. The number of rotatable bonds is 4. The molecule has 0 fully saturated rings. The molecule has 0 atom stereocenters. The first-order chi connectivity index (χ1) is 8.40. The highest BCUT2D eigenvalue weighted by Crippen LogP contribution is 2.19. The van der Waals surface area contributed by atoms with Gasteiger partial charge in [-0.15, -0.1) is 0 Å². The average Bonchev–Trinajstić information content (AvgIpc) is 2.41. The minimum atomic E-state index is 1.02. The first-order valence-electron chi connectivity index (χ1n) is 5.78. The smallest absolute Gasteiger partial charge is 0.00660 e. The van der Waals surface area contributed by atoms with Gasteiger partial charge in [0.25, 0.3) is 0 Å². The van der Waals surface area contributed by atoms with Crippen molar-refractivity contribution in [3.8, 4) is 11.1 Å². The maximum atomic E-state index is 3.41. The van der Waals surface area contributed by atoms with Gasteiger partial charge in [0.1, 0.15) is 0 Å². The largest absolute Gasteiger partial charge is 0.0925 e. The van der Waals surface area contributed by atoms with Crippen molar-refractivity contribution in [2.24, 2.45) is 0 Å². The van der Waals surface area contributed by atoms with Gasteiger partial charge in [-0.2, -0.15) is 0 Å². The van der Waals surface area contributed by atoms with Crippen molar-refractivity contribution >= 4 is 22.0 Å². The molecule has 0 heterocycles. The van der Waals surface area contributed by atoms with Crippen LogP contribution in [0.2, 0.25) is 0 Å². The van der Waals surface area contributed by atoms with Crippen LogP contribution >= 0.6 is 15.9 Å². The Morgan fingerprint density at radius 2 is 1.47 bits per heavy atom. The molecule has 0 nitrogen and oxygen atoms in total. The van der Waals surface area contributed by atoms with E-state index in [1.54, 1.807) is 0 Å². The van der Waals surface area contributed by atoms with E-state index in [0.717, 1.165) is 11.8 Å². The molecule has 0 amide bonds. The summed E-state index contributed by atoms with van der Waals surface area (Å²) in [5.74, 6) is 0. The van der Waals surface area contributed by atoms with Gasteiger partial charge < -0.3 is 0 Å². The Hall–Kier alpha value is -1.34. The number of alkyl halides is 1. The van der Waals surface area contributed by atoms with E-state index in [1.807, 2.05) is 6.07 Å². The van der Waals surface area contributed by atoms with E-state index in [1.165, 1.54) is 16.7 Å². The predicted octanol–water partition coefficient (Wildman–Crippen LogP) is 5.15. The molecular weight excluding hydrogens is 272 g/mol. The monoisotopic (exact) mass is 286 g/mol. The van der Waals surface area contributed by atoms with E-state index in [9.17, 15) is 0 Å². The van der Waals surface area contributed by atoms with Crippen LogP contribution in [0.4, 0.5) is 0 Å². The van der Waals surface area contributed by atoms with Crippen molar-refractivity contribution in [2.75, 3.05) is 5.33 Å². The van der Waals surface area contributed by atoms with E-state index >= 15 is 0 Å². The van der Waals surface area contributed by atoms with Crippen molar-refractivity contribution in [2.45, 2.75) is 6.42 Å². The summed E-state index contributed by atoms with van der Waals surface area (Å²) in [6.45, 7) is 0. The lowest BCUT2D eigenvalue weighted by molar-refractivity contribution is 1.27. The summed E-state index contributed by atoms with van der Waals surface area (Å²) in [7, 11) is 0. The highest BCUT2D eigenvalue weighted by molar-refractivity contribution is 9.09. The van der Waals surface area contributed by atoms with Gasteiger partial charge in [-0.1, -0.05) is 82.7 Å². The van der Waals surface area contributed by atoms with E-state index < -0.39 is 0 Å². The topological polar surface area (TPSA) is 0 Å². The fraction of sp³-hybridized carbons (Fsp3) is 0.125. The number of hydrogen-bond acceptors (Lipinski definition) is 0. The fourth-order valence-corrected chi connectivity index (χ4v) is 1.96. The predicted molar refractivity (Wildman–Crippen MR) is 79.3 cm³/mol. The Kier molecular flexibility index (Phi) is 4.57. The zero-order valence-corrected chi connectivity index (χ0v) is 11.2. The second-order valence-electron chi connectivity index (χ2n) is 3.87. The molecule has 86 valence electrons. The molecule has 0 bridgehead atoms. The zero-order valence-electron chi connectivity index (χ0n) is 9.64. The highest BCUT2D eigenvalue weighted by atomic mass is 79.9. The zero-order chi connectivity index (χ0) is 11.9. The number of halogens is 1. The lowest BCUT2D eigenvalue weighted by atomic mass is 10.0. The summed E-state index contributed by atoms with van der Waals surface area (Å²) >= 11 is 3.41. The third kappa shape index (κ3) is 3.57. The molecule has 0 saturated carbocycles. The van der Waals surface area contributed by atoms with Crippen LogP contribution in [0.1, 0.15) is 12.0 Å². The quantitative estimate of drug-likeness (QED) is 0.682. The van der Waals surface area contributed by atoms with E-state index in [-0.39, 0.29) is 0 Å². The molecule has 2 aromatic rings.